The zero-order valence-electron chi connectivity index (χ0n) is 12.1. The molecule has 0 aliphatic carbocycles. The molecule has 1 aliphatic heterocycles. The van der Waals surface area contributed by atoms with Crippen molar-refractivity contribution >= 4 is 5.82 Å². The summed E-state index contributed by atoms with van der Waals surface area (Å²) in [7, 11) is 0. The van der Waals surface area contributed by atoms with Gasteiger partial charge in [0.15, 0.2) is 0 Å². The van der Waals surface area contributed by atoms with Crippen LogP contribution in [0.3, 0.4) is 0 Å². The molecule has 0 bridgehead atoms. The maximum absolute atomic E-state index is 6.04. The Kier molecular flexibility index (Phi) is 5.16. The molecule has 2 heterocycles. The fourth-order valence-corrected chi connectivity index (χ4v) is 2.57. The van der Waals surface area contributed by atoms with Gasteiger partial charge in [-0.1, -0.05) is 6.07 Å². The lowest BCUT2D eigenvalue weighted by Crippen LogP contribution is -2.34. The average Bonchev–Trinajstić information content (AvgIpc) is 2.37. The van der Waals surface area contributed by atoms with E-state index in [1.54, 1.807) is 6.20 Å². The zero-order valence-corrected chi connectivity index (χ0v) is 12.1. The maximum Gasteiger partial charge on any atom is 0.131 e. The van der Waals surface area contributed by atoms with Crippen LogP contribution >= 0.6 is 0 Å². The van der Waals surface area contributed by atoms with Crippen molar-refractivity contribution in [3.8, 4) is 0 Å². The second-order valence-electron chi connectivity index (χ2n) is 5.20. The molecule has 0 spiro atoms. The number of hydrogen-bond donors (Lipinski definition) is 1. The Morgan fingerprint density at radius 1 is 1.37 bits per heavy atom. The van der Waals surface area contributed by atoms with Crippen molar-refractivity contribution in [2.24, 2.45) is 0 Å². The first-order chi connectivity index (χ1) is 9.19. The van der Waals surface area contributed by atoms with Gasteiger partial charge in [0, 0.05) is 18.3 Å². The second-order valence-corrected chi connectivity index (χ2v) is 5.20. The van der Waals surface area contributed by atoms with Crippen LogP contribution in [0.25, 0.3) is 0 Å². The lowest BCUT2D eigenvalue weighted by molar-refractivity contribution is -0.106. The van der Waals surface area contributed by atoms with Crippen LogP contribution in [0.2, 0.25) is 0 Å². The highest BCUT2D eigenvalue weighted by atomic mass is 16.5. The van der Waals surface area contributed by atoms with E-state index in [4.69, 9.17) is 9.47 Å². The van der Waals surface area contributed by atoms with Gasteiger partial charge in [-0.3, -0.25) is 0 Å². The summed E-state index contributed by atoms with van der Waals surface area (Å²) in [6.07, 6.45) is 4.61. The standard InChI is InChI=1S/C15H24N2O2/c1-4-16-15-13(6-5-7-17-15)10-18-14-8-11(2)19-12(3)9-14/h5-7,11-12,14H,4,8-10H2,1-3H3,(H,16,17). The van der Waals surface area contributed by atoms with Gasteiger partial charge in [0.25, 0.3) is 0 Å². The van der Waals surface area contributed by atoms with Crippen LogP contribution in [0.4, 0.5) is 5.82 Å². The Morgan fingerprint density at radius 3 is 2.79 bits per heavy atom. The lowest BCUT2D eigenvalue weighted by Gasteiger charge is -2.32. The summed E-state index contributed by atoms with van der Waals surface area (Å²) < 4.78 is 11.8. The summed E-state index contributed by atoms with van der Waals surface area (Å²) >= 11 is 0. The summed E-state index contributed by atoms with van der Waals surface area (Å²) in [6, 6.07) is 4.02. The van der Waals surface area contributed by atoms with Crippen LogP contribution in [0.5, 0.6) is 0 Å². The molecule has 2 unspecified atom stereocenters. The highest BCUT2D eigenvalue weighted by molar-refractivity contribution is 5.43. The van der Waals surface area contributed by atoms with Gasteiger partial charge in [0.05, 0.1) is 24.9 Å². The molecule has 0 saturated carbocycles. The first-order valence-corrected chi connectivity index (χ1v) is 7.13. The molecule has 0 radical (unpaired) electrons. The quantitative estimate of drug-likeness (QED) is 0.888. The van der Waals surface area contributed by atoms with E-state index in [0.717, 1.165) is 30.8 Å². The molecule has 1 N–H and O–H groups in total. The largest absolute Gasteiger partial charge is 0.375 e. The van der Waals surface area contributed by atoms with Crippen molar-refractivity contribution in [1.29, 1.82) is 0 Å². The van der Waals surface area contributed by atoms with Gasteiger partial charge in [-0.15, -0.1) is 0 Å². The minimum absolute atomic E-state index is 0.286. The van der Waals surface area contributed by atoms with Crippen LogP contribution in [-0.4, -0.2) is 29.8 Å². The fourth-order valence-electron chi connectivity index (χ4n) is 2.57. The Hall–Kier alpha value is -1.13. The topological polar surface area (TPSA) is 43.4 Å². The van der Waals surface area contributed by atoms with Crippen molar-refractivity contribution in [1.82, 2.24) is 4.98 Å². The van der Waals surface area contributed by atoms with Crippen molar-refractivity contribution < 1.29 is 9.47 Å². The molecule has 1 fully saturated rings. The number of ether oxygens (including phenoxy) is 2. The molecule has 0 aromatic carbocycles. The lowest BCUT2D eigenvalue weighted by atomic mass is 10.0. The molecule has 1 aromatic heterocycles. The first kappa shape index (κ1) is 14.3. The molecular weight excluding hydrogens is 240 g/mol. The van der Waals surface area contributed by atoms with Gasteiger partial charge in [0.2, 0.25) is 0 Å². The molecule has 0 amide bonds. The van der Waals surface area contributed by atoms with Crippen molar-refractivity contribution in [2.75, 3.05) is 11.9 Å². The predicted molar refractivity (Wildman–Crippen MR) is 76.2 cm³/mol. The molecule has 19 heavy (non-hydrogen) atoms. The predicted octanol–water partition coefficient (Wildman–Crippen LogP) is 2.99. The summed E-state index contributed by atoms with van der Waals surface area (Å²) in [5, 5.41) is 3.27. The van der Waals surface area contributed by atoms with E-state index in [2.05, 4.69) is 37.1 Å². The van der Waals surface area contributed by atoms with Gasteiger partial charge in [-0.05, 0) is 39.7 Å². The Labute approximate surface area is 115 Å². The van der Waals surface area contributed by atoms with Gasteiger partial charge in [0.1, 0.15) is 5.82 Å². The van der Waals surface area contributed by atoms with Gasteiger partial charge in [-0.25, -0.2) is 4.98 Å². The van der Waals surface area contributed by atoms with E-state index in [-0.39, 0.29) is 18.3 Å². The molecule has 4 heteroatoms. The minimum Gasteiger partial charge on any atom is -0.375 e. The molecule has 106 valence electrons. The smallest absolute Gasteiger partial charge is 0.131 e. The number of rotatable bonds is 5. The maximum atomic E-state index is 6.04. The van der Waals surface area contributed by atoms with Crippen LogP contribution in [0.1, 0.15) is 39.2 Å². The molecule has 4 nitrogen and oxygen atoms in total. The van der Waals surface area contributed by atoms with Gasteiger partial charge < -0.3 is 14.8 Å². The first-order valence-electron chi connectivity index (χ1n) is 7.13. The highest BCUT2D eigenvalue weighted by Crippen LogP contribution is 2.23. The van der Waals surface area contributed by atoms with Crippen LogP contribution in [0.15, 0.2) is 18.3 Å². The third-order valence-electron chi connectivity index (χ3n) is 3.36. The normalized spacial score (nSPS) is 27.2. The summed E-state index contributed by atoms with van der Waals surface area (Å²) in [6.45, 7) is 7.77. The number of pyridine rings is 1. The Balaban J connectivity index is 1.91. The van der Waals surface area contributed by atoms with Crippen LogP contribution in [0, 0.1) is 0 Å². The number of nitrogens with zero attached hydrogens (tertiary/aromatic N) is 1. The third kappa shape index (κ3) is 4.18. The van der Waals surface area contributed by atoms with E-state index in [9.17, 15) is 0 Å². The number of aromatic nitrogens is 1. The van der Waals surface area contributed by atoms with E-state index in [1.807, 2.05) is 6.07 Å². The van der Waals surface area contributed by atoms with E-state index in [0.29, 0.717) is 6.61 Å². The molecular formula is C15H24N2O2. The van der Waals surface area contributed by atoms with Crippen molar-refractivity contribution in [2.45, 2.75) is 58.5 Å². The SMILES string of the molecule is CCNc1ncccc1COC1CC(C)OC(C)C1. The van der Waals surface area contributed by atoms with Crippen molar-refractivity contribution in [3.63, 3.8) is 0 Å². The molecule has 2 rings (SSSR count). The number of anilines is 1. The summed E-state index contributed by atoms with van der Waals surface area (Å²) in [5.74, 6) is 0.929. The van der Waals surface area contributed by atoms with E-state index in [1.165, 1.54) is 0 Å². The highest BCUT2D eigenvalue weighted by Gasteiger charge is 2.25. The average molecular weight is 264 g/mol. The Bertz CT molecular complexity index is 387. The monoisotopic (exact) mass is 264 g/mol. The minimum atomic E-state index is 0.286. The fraction of sp³-hybridized carbons (Fsp3) is 0.667. The number of hydrogen-bond acceptors (Lipinski definition) is 4. The van der Waals surface area contributed by atoms with Crippen LogP contribution in [-0.2, 0) is 16.1 Å². The van der Waals surface area contributed by atoms with Gasteiger partial charge >= 0.3 is 0 Å². The summed E-state index contributed by atoms with van der Waals surface area (Å²) in [5.41, 5.74) is 1.12. The van der Waals surface area contributed by atoms with Crippen LogP contribution < -0.4 is 5.32 Å². The third-order valence-corrected chi connectivity index (χ3v) is 3.36. The van der Waals surface area contributed by atoms with E-state index < -0.39 is 0 Å². The molecule has 1 saturated heterocycles. The molecule has 2 atom stereocenters. The van der Waals surface area contributed by atoms with Gasteiger partial charge in [-0.2, -0.15) is 0 Å². The summed E-state index contributed by atoms with van der Waals surface area (Å²) in [4.78, 5) is 4.35. The molecule has 1 aliphatic rings. The van der Waals surface area contributed by atoms with Crippen molar-refractivity contribution in [3.05, 3.63) is 23.9 Å². The number of nitrogens with one attached hydrogen (secondary N) is 1. The molecule has 1 aromatic rings. The Morgan fingerprint density at radius 2 is 2.11 bits per heavy atom. The zero-order chi connectivity index (χ0) is 13.7. The van der Waals surface area contributed by atoms with E-state index >= 15 is 0 Å². The second kappa shape index (κ2) is 6.87.